The van der Waals surface area contributed by atoms with E-state index in [-0.39, 0.29) is 11.9 Å². The Morgan fingerprint density at radius 1 is 1.60 bits per heavy atom. The lowest BCUT2D eigenvalue weighted by atomic mass is 10.0. The van der Waals surface area contributed by atoms with Crippen LogP contribution < -0.4 is 10.6 Å². The minimum atomic E-state index is 0.0393. The molecular weight excluding hydrogens is 292 g/mol. The van der Waals surface area contributed by atoms with E-state index in [1.165, 1.54) is 0 Å². The summed E-state index contributed by atoms with van der Waals surface area (Å²) in [5, 5.41) is 7.21. The number of thioether (sulfide) groups is 1. The summed E-state index contributed by atoms with van der Waals surface area (Å²) >= 11 is 7.92. The van der Waals surface area contributed by atoms with Gasteiger partial charge < -0.3 is 10.6 Å². The van der Waals surface area contributed by atoms with Gasteiger partial charge in [-0.15, -0.1) is 0 Å². The molecule has 0 radical (unpaired) electrons. The first kappa shape index (κ1) is 15.7. The second kappa shape index (κ2) is 7.91. The molecule has 2 N–H and O–H groups in total. The minimum Gasteiger partial charge on any atom is -0.349 e. The Kier molecular flexibility index (Phi) is 6.20. The van der Waals surface area contributed by atoms with Crippen molar-refractivity contribution in [2.24, 2.45) is 0 Å². The van der Waals surface area contributed by atoms with Gasteiger partial charge in [-0.25, -0.2) is 0 Å². The van der Waals surface area contributed by atoms with E-state index in [9.17, 15) is 4.79 Å². The predicted molar refractivity (Wildman–Crippen MR) is 86.4 cm³/mol. The second-order valence-corrected chi connectivity index (χ2v) is 6.60. The van der Waals surface area contributed by atoms with Gasteiger partial charge in [0.2, 0.25) is 5.91 Å². The lowest BCUT2D eigenvalue weighted by Gasteiger charge is -2.24. The topological polar surface area (TPSA) is 41.1 Å². The van der Waals surface area contributed by atoms with Crippen molar-refractivity contribution in [3.63, 3.8) is 0 Å². The normalized spacial score (nSPS) is 20.4. The summed E-state index contributed by atoms with van der Waals surface area (Å²) in [5.41, 5.74) is 1.07. The van der Waals surface area contributed by atoms with Gasteiger partial charge in [0.05, 0.1) is 6.04 Å². The first-order valence-electron chi connectivity index (χ1n) is 7.05. The number of hydrogen-bond acceptors (Lipinski definition) is 3. The third-order valence-electron chi connectivity index (χ3n) is 3.42. The minimum absolute atomic E-state index is 0.0393. The maximum Gasteiger partial charge on any atom is 0.222 e. The van der Waals surface area contributed by atoms with Crippen LogP contribution in [0, 0.1) is 0 Å². The summed E-state index contributed by atoms with van der Waals surface area (Å²) in [5.74, 6) is 2.26. The third-order valence-corrected chi connectivity index (χ3v) is 4.79. The maximum atomic E-state index is 12.1. The molecule has 1 aromatic carbocycles. The highest BCUT2D eigenvalue weighted by Gasteiger charge is 2.19. The van der Waals surface area contributed by atoms with Crippen LogP contribution in [0.5, 0.6) is 0 Å². The van der Waals surface area contributed by atoms with E-state index >= 15 is 0 Å². The lowest BCUT2D eigenvalue weighted by Crippen LogP contribution is -2.41. The standard InChI is InChI=1S/C15H21ClN2OS/c1-2-14(11-4-3-5-12(16)8-11)18-15(19)9-13-10-20-7-6-17-13/h3-5,8,13-14,17H,2,6-7,9-10H2,1H3,(H,18,19). The smallest absolute Gasteiger partial charge is 0.222 e. The number of halogens is 1. The summed E-state index contributed by atoms with van der Waals surface area (Å²) in [6.45, 7) is 3.06. The van der Waals surface area contributed by atoms with Gasteiger partial charge >= 0.3 is 0 Å². The molecule has 0 spiro atoms. The maximum absolute atomic E-state index is 12.1. The molecule has 0 aliphatic carbocycles. The van der Waals surface area contributed by atoms with Gasteiger partial charge in [0.1, 0.15) is 0 Å². The van der Waals surface area contributed by atoms with E-state index in [1.807, 2.05) is 36.0 Å². The Hall–Kier alpha value is -0.710. The Morgan fingerprint density at radius 2 is 2.45 bits per heavy atom. The summed E-state index contributed by atoms with van der Waals surface area (Å²) < 4.78 is 0. The fourth-order valence-electron chi connectivity index (χ4n) is 2.37. The van der Waals surface area contributed by atoms with Gasteiger partial charge in [-0.05, 0) is 24.1 Å². The van der Waals surface area contributed by atoms with E-state index in [1.54, 1.807) is 0 Å². The number of amides is 1. The van der Waals surface area contributed by atoms with E-state index in [0.717, 1.165) is 30.0 Å². The molecule has 1 aliphatic heterocycles. The molecule has 1 heterocycles. The van der Waals surface area contributed by atoms with Crippen LogP contribution in [0.25, 0.3) is 0 Å². The summed E-state index contributed by atoms with van der Waals surface area (Å²) in [6, 6.07) is 8.04. The molecular formula is C15H21ClN2OS. The molecule has 0 bridgehead atoms. The Balaban J connectivity index is 1.90. The zero-order valence-corrected chi connectivity index (χ0v) is 13.3. The first-order valence-corrected chi connectivity index (χ1v) is 8.58. The van der Waals surface area contributed by atoms with Crippen molar-refractivity contribution in [3.05, 3.63) is 34.9 Å². The van der Waals surface area contributed by atoms with Crippen LogP contribution >= 0.6 is 23.4 Å². The van der Waals surface area contributed by atoms with Crippen LogP contribution in [-0.2, 0) is 4.79 Å². The molecule has 1 fully saturated rings. The highest BCUT2D eigenvalue weighted by atomic mass is 35.5. The van der Waals surface area contributed by atoms with Gasteiger partial charge in [-0.2, -0.15) is 11.8 Å². The Labute approximate surface area is 129 Å². The number of hydrogen-bond donors (Lipinski definition) is 2. The number of carbonyl (C=O) groups excluding carboxylic acids is 1. The molecule has 5 heteroatoms. The van der Waals surface area contributed by atoms with E-state index < -0.39 is 0 Å². The molecule has 1 aliphatic rings. The van der Waals surface area contributed by atoms with Gasteiger partial charge in [0.15, 0.2) is 0 Å². The summed E-state index contributed by atoms with van der Waals surface area (Å²) in [4.78, 5) is 12.1. The zero-order chi connectivity index (χ0) is 14.4. The fourth-order valence-corrected chi connectivity index (χ4v) is 3.52. The number of benzene rings is 1. The number of rotatable bonds is 5. The monoisotopic (exact) mass is 312 g/mol. The van der Waals surface area contributed by atoms with E-state index in [0.29, 0.717) is 17.5 Å². The van der Waals surface area contributed by atoms with Crippen molar-refractivity contribution in [1.82, 2.24) is 10.6 Å². The molecule has 2 atom stereocenters. The van der Waals surface area contributed by atoms with E-state index in [4.69, 9.17) is 11.6 Å². The van der Waals surface area contributed by atoms with Crippen molar-refractivity contribution in [3.8, 4) is 0 Å². The largest absolute Gasteiger partial charge is 0.349 e. The van der Waals surface area contributed by atoms with Crippen LogP contribution in [-0.4, -0.2) is 30.0 Å². The van der Waals surface area contributed by atoms with Crippen LogP contribution in [0.1, 0.15) is 31.4 Å². The molecule has 1 saturated heterocycles. The van der Waals surface area contributed by atoms with Crippen molar-refractivity contribution in [1.29, 1.82) is 0 Å². The van der Waals surface area contributed by atoms with E-state index in [2.05, 4.69) is 17.6 Å². The lowest BCUT2D eigenvalue weighted by molar-refractivity contribution is -0.122. The summed E-state index contributed by atoms with van der Waals surface area (Å²) in [7, 11) is 0. The number of nitrogens with one attached hydrogen (secondary N) is 2. The Morgan fingerprint density at radius 3 is 3.10 bits per heavy atom. The predicted octanol–water partition coefficient (Wildman–Crippen LogP) is 3.00. The second-order valence-electron chi connectivity index (χ2n) is 5.01. The average Bonchev–Trinajstić information content (AvgIpc) is 2.46. The molecule has 2 unspecified atom stereocenters. The van der Waals surface area contributed by atoms with Gasteiger partial charge in [-0.1, -0.05) is 30.7 Å². The van der Waals surface area contributed by atoms with Crippen molar-refractivity contribution in [2.45, 2.75) is 31.8 Å². The van der Waals surface area contributed by atoms with Crippen LogP contribution in [0.4, 0.5) is 0 Å². The van der Waals surface area contributed by atoms with Gasteiger partial charge in [-0.3, -0.25) is 4.79 Å². The highest BCUT2D eigenvalue weighted by Crippen LogP contribution is 2.20. The molecule has 110 valence electrons. The molecule has 1 amide bonds. The van der Waals surface area contributed by atoms with Crippen LogP contribution in [0.3, 0.4) is 0 Å². The molecule has 0 saturated carbocycles. The Bertz CT molecular complexity index is 449. The van der Waals surface area contributed by atoms with Crippen molar-refractivity contribution in [2.75, 3.05) is 18.1 Å². The quantitative estimate of drug-likeness (QED) is 0.878. The SMILES string of the molecule is CCC(NC(=O)CC1CSCCN1)c1cccc(Cl)c1. The first-order chi connectivity index (χ1) is 9.69. The molecule has 0 aromatic heterocycles. The molecule has 20 heavy (non-hydrogen) atoms. The van der Waals surface area contributed by atoms with Crippen LogP contribution in [0.2, 0.25) is 5.02 Å². The third kappa shape index (κ3) is 4.69. The fraction of sp³-hybridized carbons (Fsp3) is 0.533. The van der Waals surface area contributed by atoms with Crippen molar-refractivity contribution < 1.29 is 4.79 Å². The zero-order valence-electron chi connectivity index (χ0n) is 11.7. The van der Waals surface area contributed by atoms with Gasteiger partial charge in [0.25, 0.3) is 0 Å². The van der Waals surface area contributed by atoms with Crippen LogP contribution in [0.15, 0.2) is 24.3 Å². The summed E-state index contributed by atoms with van der Waals surface area (Å²) in [6.07, 6.45) is 1.41. The number of carbonyl (C=O) groups is 1. The molecule has 3 nitrogen and oxygen atoms in total. The average molecular weight is 313 g/mol. The highest BCUT2D eigenvalue weighted by molar-refractivity contribution is 7.99. The molecule has 1 aromatic rings. The molecule has 2 rings (SSSR count). The van der Waals surface area contributed by atoms with Crippen molar-refractivity contribution >= 4 is 29.3 Å². The van der Waals surface area contributed by atoms with Gasteiger partial charge in [0, 0.05) is 35.5 Å².